The summed E-state index contributed by atoms with van der Waals surface area (Å²) in [4.78, 5) is 34.9. The molecular formula is C22H18N2O5S. The van der Waals surface area contributed by atoms with Gasteiger partial charge in [-0.05, 0) is 36.3 Å². The van der Waals surface area contributed by atoms with Gasteiger partial charge in [0.25, 0.3) is 5.69 Å². The molecule has 0 spiro atoms. The van der Waals surface area contributed by atoms with Crippen molar-refractivity contribution < 1.29 is 19.2 Å². The van der Waals surface area contributed by atoms with E-state index in [1.165, 1.54) is 42.7 Å². The third-order valence-corrected chi connectivity index (χ3v) is 5.21. The van der Waals surface area contributed by atoms with Gasteiger partial charge < -0.3 is 10.1 Å². The molecule has 1 amide bonds. The van der Waals surface area contributed by atoms with Crippen LogP contribution in [0.3, 0.4) is 0 Å². The minimum absolute atomic E-state index is 0.0263. The summed E-state index contributed by atoms with van der Waals surface area (Å²) in [6.07, 6.45) is 2.83. The highest BCUT2D eigenvalue weighted by Gasteiger charge is 2.21. The molecule has 152 valence electrons. The zero-order chi connectivity index (χ0) is 21.7. The van der Waals surface area contributed by atoms with Gasteiger partial charge in [0.2, 0.25) is 5.91 Å². The number of nitrogens with zero attached hydrogens (tertiary/aromatic N) is 1. The Kier molecular flexibility index (Phi) is 6.38. The highest BCUT2D eigenvalue weighted by molar-refractivity contribution is 7.15. The number of hydrogen-bond donors (Lipinski definition) is 1. The molecule has 1 N–H and O–H groups in total. The quantitative estimate of drug-likeness (QED) is 0.259. The number of ether oxygens (including phenoxy) is 1. The molecule has 1 aromatic heterocycles. The lowest BCUT2D eigenvalue weighted by molar-refractivity contribution is -0.384. The highest BCUT2D eigenvalue weighted by atomic mass is 32.1. The van der Waals surface area contributed by atoms with Crippen LogP contribution in [-0.4, -0.2) is 23.9 Å². The number of thiophene rings is 1. The molecule has 0 unspecified atom stereocenters. The molecule has 30 heavy (non-hydrogen) atoms. The molecule has 2 aromatic carbocycles. The van der Waals surface area contributed by atoms with Crippen LogP contribution < -0.4 is 5.32 Å². The Morgan fingerprint density at radius 3 is 2.37 bits per heavy atom. The largest absolute Gasteiger partial charge is 0.465 e. The number of amides is 1. The van der Waals surface area contributed by atoms with Gasteiger partial charge in [-0.2, -0.15) is 0 Å². The monoisotopic (exact) mass is 422 g/mol. The summed E-state index contributed by atoms with van der Waals surface area (Å²) in [5.41, 5.74) is 3.53. The Balaban J connectivity index is 1.81. The van der Waals surface area contributed by atoms with Gasteiger partial charge in [0, 0.05) is 29.2 Å². The van der Waals surface area contributed by atoms with Crippen molar-refractivity contribution in [2.75, 3.05) is 12.4 Å². The van der Waals surface area contributed by atoms with E-state index in [0.29, 0.717) is 21.7 Å². The van der Waals surface area contributed by atoms with Crippen LogP contribution in [0.4, 0.5) is 10.7 Å². The lowest BCUT2D eigenvalue weighted by Crippen LogP contribution is -2.11. The third-order valence-electron chi connectivity index (χ3n) is 4.31. The van der Waals surface area contributed by atoms with Crippen LogP contribution in [0.5, 0.6) is 0 Å². The van der Waals surface area contributed by atoms with E-state index in [-0.39, 0.29) is 5.69 Å². The van der Waals surface area contributed by atoms with Crippen molar-refractivity contribution in [3.8, 4) is 11.1 Å². The minimum atomic E-state index is -0.540. The molecule has 0 saturated heterocycles. The summed E-state index contributed by atoms with van der Waals surface area (Å²) >= 11 is 1.23. The van der Waals surface area contributed by atoms with E-state index in [1.807, 2.05) is 31.2 Å². The van der Waals surface area contributed by atoms with Crippen molar-refractivity contribution in [2.24, 2.45) is 0 Å². The fourth-order valence-corrected chi connectivity index (χ4v) is 3.69. The summed E-state index contributed by atoms with van der Waals surface area (Å²) in [5.74, 6) is -0.975. The zero-order valence-corrected chi connectivity index (χ0v) is 17.1. The number of esters is 1. The predicted molar refractivity (Wildman–Crippen MR) is 117 cm³/mol. The molecule has 1 heterocycles. The molecule has 0 fully saturated rings. The first kappa shape index (κ1) is 20.9. The molecule has 7 nitrogen and oxygen atoms in total. The number of benzene rings is 2. The molecule has 0 aliphatic heterocycles. The Morgan fingerprint density at radius 2 is 1.77 bits per heavy atom. The maximum Gasteiger partial charge on any atom is 0.341 e. The fourth-order valence-electron chi connectivity index (χ4n) is 2.73. The van der Waals surface area contributed by atoms with Crippen molar-refractivity contribution in [3.05, 3.63) is 86.8 Å². The number of nitro benzene ring substituents is 1. The Labute approximate surface area is 176 Å². The average Bonchev–Trinajstić information content (AvgIpc) is 3.15. The average molecular weight is 422 g/mol. The molecule has 0 saturated carbocycles. The maximum absolute atomic E-state index is 12.4. The van der Waals surface area contributed by atoms with E-state index in [0.717, 1.165) is 11.1 Å². The van der Waals surface area contributed by atoms with Gasteiger partial charge >= 0.3 is 5.97 Å². The number of aryl methyl sites for hydroxylation is 1. The second kappa shape index (κ2) is 9.15. The standard InChI is InChI=1S/C22H18N2O5S/c1-14-3-8-16(9-4-14)18-13-30-21(20(18)22(26)29-2)23-19(25)12-7-15-5-10-17(11-6-15)24(27)28/h3-13H,1-2H3,(H,23,25). The maximum atomic E-state index is 12.4. The van der Waals surface area contributed by atoms with Crippen LogP contribution in [0.25, 0.3) is 17.2 Å². The topological polar surface area (TPSA) is 98.5 Å². The summed E-state index contributed by atoms with van der Waals surface area (Å²) in [6.45, 7) is 1.97. The van der Waals surface area contributed by atoms with Crippen molar-refractivity contribution >= 4 is 40.0 Å². The molecule has 0 aliphatic rings. The van der Waals surface area contributed by atoms with E-state index < -0.39 is 16.8 Å². The van der Waals surface area contributed by atoms with Crippen molar-refractivity contribution in [2.45, 2.75) is 6.92 Å². The fraction of sp³-hybridized carbons (Fsp3) is 0.0909. The van der Waals surface area contributed by atoms with Crippen LogP contribution >= 0.6 is 11.3 Å². The van der Waals surface area contributed by atoms with E-state index >= 15 is 0 Å². The van der Waals surface area contributed by atoms with E-state index in [4.69, 9.17) is 4.74 Å². The number of non-ortho nitro benzene ring substituents is 1. The van der Waals surface area contributed by atoms with E-state index in [9.17, 15) is 19.7 Å². The Bertz CT molecular complexity index is 1120. The van der Waals surface area contributed by atoms with Crippen LogP contribution in [0, 0.1) is 17.0 Å². The number of nitrogens with one attached hydrogen (secondary N) is 1. The smallest absolute Gasteiger partial charge is 0.341 e. The van der Waals surface area contributed by atoms with Gasteiger partial charge in [-0.25, -0.2) is 4.79 Å². The molecular weight excluding hydrogens is 404 g/mol. The third kappa shape index (κ3) is 4.79. The van der Waals surface area contributed by atoms with Gasteiger partial charge in [-0.15, -0.1) is 11.3 Å². The SMILES string of the molecule is COC(=O)c1c(-c2ccc(C)cc2)csc1NC(=O)C=Cc1ccc([N+](=O)[O-])cc1. The first-order chi connectivity index (χ1) is 14.4. The second-order valence-corrected chi connectivity index (χ2v) is 7.26. The number of anilines is 1. The van der Waals surface area contributed by atoms with Gasteiger partial charge in [0.15, 0.2) is 0 Å². The Morgan fingerprint density at radius 1 is 1.10 bits per heavy atom. The molecule has 3 aromatic rings. The first-order valence-corrected chi connectivity index (χ1v) is 9.77. The summed E-state index contributed by atoms with van der Waals surface area (Å²) < 4.78 is 4.91. The molecule has 8 heteroatoms. The van der Waals surface area contributed by atoms with E-state index in [2.05, 4.69) is 5.32 Å². The summed E-state index contributed by atoms with van der Waals surface area (Å²) in [5, 5.41) is 15.6. The van der Waals surface area contributed by atoms with Crippen LogP contribution in [0.1, 0.15) is 21.5 Å². The van der Waals surface area contributed by atoms with Crippen molar-refractivity contribution in [3.63, 3.8) is 0 Å². The number of rotatable bonds is 6. The zero-order valence-electron chi connectivity index (χ0n) is 16.2. The molecule has 0 bridgehead atoms. The lowest BCUT2D eigenvalue weighted by Gasteiger charge is -2.07. The predicted octanol–water partition coefficient (Wildman–Crippen LogP) is 5.07. The number of nitro groups is 1. The minimum Gasteiger partial charge on any atom is -0.465 e. The second-order valence-electron chi connectivity index (χ2n) is 6.38. The number of hydrogen-bond acceptors (Lipinski definition) is 6. The summed E-state index contributed by atoms with van der Waals surface area (Å²) in [7, 11) is 1.29. The van der Waals surface area contributed by atoms with Crippen LogP contribution in [-0.2, 0) is 9.53 Å². The van der Waals surface area contributed by atoms with Gasteiger partial charge in [0.05, 0.1) is 12.0 Å². The Hall–Kier alpha value is -3.78. The molecule has 0 aliphatic carbocycles. The normalized spacial score (nSPS) is 10.7. The summed E-state index contributed by atoms with van der Waals surface area (Å²) in [6, 6.07) is 13.5. The van der Waals surface area contributed by atoms with E-state index in [1.54, 1.807) is 17.5 Å². The van der Waals surface area contributed by atoms with Crippen molar-refractivity contribution in [1.82, 2.24) is 0 Å². The number of carbonyl (C=O) groups is 2. The van der Waals surface area contributed by atoms with Crippen molar-refractivity contribution in [1.29, 1.82) is 0 Å². The molecule has 3 rings (SSSR count). The highest BCUT2D eigenvalue weighted by Crippen LogP contribution is 2.36. The lowest BCUT2D eigenvalue weighted by atomic mass is 10.0. The van der Waals surface area contributed by atoms with Gasteiger partial charge in [-0.3, -0.25) is 14.9 Å². The first-order valence-electron chi connectivity index (χ1n) is 8.89. The number of methoxy groups -OCH3 is 1. The van der Waals surface area contributed by atoms with Gasteiger partial charge in [0.1, 0.15) is 10.6 Å². The van der Waals surface area contributed by atoms with Crippen LogP contribution in [0.2, 0.25) is 0 Å². The molecule has 0 atom stereocenters. The number of carbonyl (C=O) groups excluding carboxylic acids is 2. The van der Waals surface area contributed by atoms with Gasteiger partial charge in [-0.1, -0.05) is 29.8 Å². The van der Waals surface area contributed by atoms with Crippen LogP contribution in [0.15, 0.2) is 60.0 Å². The molecule has 0 radical (unpaired) electrons.